The Morgan fingerprint density at radius 3 is 2.63 bits per heavy atom. The molecular weight excluding hydrogens is 340 g/mol. The fourth-order valence-electron chi connectivity index (χ4n) is 5.77. The third-order valence-corrected chi connectivity index (χ3v) is 6.83. The van der Waals surface area contributed by atoms with Crippen LogP contribution in [0.15, 0.2) is 9.59 Å². The summed E-state index contributed by atoms with van der Waals surface area (Å²) in [5.41, 5.74) is 0.716. The van der Waals surface area contributed by atoms with Crippen molar-refractivity contribution in [3.63, 3.8) is 0 Å². The van der Waals surface area contributed by atoms with E-state index in [1.54, 1.807) is 4.57 Å². The van der Waals surface area contributed by atoms with Crippen molar-refractivity contribution >= 4 is 11.2 Å². The van der Waals surface area contributed by atoms with Crippen LogP contribution in [0.25, 0.3) is 11.2 Å². The Balaban J connectivity index is 1.94. The van der Waals surface area contributed by atoms with Gasteiger partial charge in [0.25, 0.3) is 5.56 Å². The van der Waals surface area contributed by atoms with Gasteiger partial charge in [0.2, 0.25) is 0 Å². The van der Waals surface area contributed by atoms with Gasteiger partial charge in [0, 0.05) is 18.5 Å². The topological polar surface area (TPSA) is 72.7 Å². The summed E-state index contributed by atoms with van der Waals surface area (Å²) in [5, 5.41) is 0. The van der Waals surface area contributed by atoms with Crippen LogP contribution in [0.4, 0.5) is 0 Å². The van der Waals surface area contributed by atoms with E-state index in [0.29, 0.717) is 36.1 Å². The largest absolute Gasteiger partial charge is 0.336 e. The third-order valence-electron chi connectivity index (χ3n) is 6.83. The fourth-order valence-corrected chi connectivity index (χ4v) is 5.77. The van der Waals surface area contributed by atoms with Gasteiger partial charge in [-0.15, -0.1) is 0 Å². The lowest BCUT2D eigenvalue weighted by atomic mass is 9.67. The molecule has 0 radical (unpaired) electrons. The second-order valence-corrected chi connectivity index (χ2v) is 8.82. The van der Waals surface area contributed by atoms with Gasteiger partial charge in [0.15, 0.2) is 5.65 Å². The predicted octanol–water partition coefficient (Wildman–Crippen LogP) is 3.56. The molecule has 0 saturated heterocycles. The Labute approximate surface area is 160 Å². The van der Waals surface area contributed by atoms with E-state index in [1.165, 1.54) is 30.3 Å². The first-order chi connectivity index (χ1) is 13.0. The van der Waals surface area contributed by atoms with Gasteiger partial charge in [-0.3, -0.25) is 13.9 Å². The molecular formula is C21H32N4O2. The number of nitrogens with one attached hydrogen (secondary N) is 1. The number of aryl methyl sites for hydroxylation is 1. The first kappa shape index (κ1) is 18.5. The van der Waals surface area contributed by atoms with Crippen molar-refractivity contribution in [1.82, 2.24) is 19.1 Å². The minimum atomic E-state index is -0.216. The zero-order valence-corrected chi connectivity index (χ0v) is 16.9. The molecule has 0 spiro atoms. The standard InChI is InChI=1S/C21H32N4O2/c1-4-10-24-17-16(18(26)25(11-5-2)20(24)27)22-19(23-17)21-9-7-6-8-15(21)12-14(3)13-21/h14-15H,4-13H2,1-3H3,(H,22,23). The smallest absolute Gasteiger partial charge is 0.332 e. The van der Waals surface area contributed by atoms with Crippen molar-refractivity contribution in [3.05, 3.63) is 26.7 Å². The molecule has 2 aromatic heterocycles. The number of hydrogen-bond acceptors (Lipinski definition) is 3. The van der Waals surface area contributed by atoms with E-state index in [0.717, 1.165) is 31.5 Å². The molecule has 3 atom stereocenters. The van der Waals surface area contributed by atoms with Crippen LogP contribution in [-0.2, 0) is 18.5 Å². The van der Waals surface area contributed by atoms with Gasteiger partial charge in [-0.05, 0) is 50.4 Å². The number of H-pyrrole nitrogens is 1. The van der Waals surface area contributed by atoms with Crippen LogP contribution in [-0.4, -0.2) is 19.1 Å². The average Bonchev–Trinajstić information content (AvgIpc) is 3.23. The average molecular weight is 373 g/mol. The van der Waals surface area contributed by atoms with Crippen molar-refractivity contribution in [3.8, 4) is 0 Å². The lowest BCUT2D eigenvalue weighted by molar-refractivity contribution is 0.210. The van der Waals surface area contributed by atoms with Gasteiger partial charge in [-0.25, -0.2) is 9.78 Å². The molecule has 6 nitrogen and oxygen atoms in total. The lowest BCUT2D eigenvalue weighted by Gasteiger charge is -2.37. The predicted molar refractivity (Wildman–Crippen MR) is 107 cm³/mol. The normalized spacial score (nSPS) is 28.0. The maximum Gasteiger partial charge on any atom is 0.332 e. The van der Waals surface area contributed by atoms with Gasteiger partial charge >= 0.3 is 5.69 Å². The number of nitrogens with zero attached hydrogens (tertiary/aromatic N) is 3. The summed E-state index contributed by atoms with van der Waals surface area (Å²) >= 11 is 0. The second-order valence-electron chi connectivity index (χ2n) is 8.82. The van der Waals surface area contributed by atoms with Gasteiger partial charge in [-0.1, -0.05) is 33.6 Å². The maximum atomic E-state index is 13.0. The van der Waals surface area contributed by atoms with Crippen molar-refractivity contribution < 1.29 is 0 Å². The minimum absolute atomic E-state index is 0.0613. The molecule has 2 heterocycles. The molecule has 2 aromatic rings. The van der Waals surface area contributed by atoms with E-state index in [4.69, 9.17) is 4.98 Å². The summed E-state index contributed by atoms with van der Waals surface area (Å²) in [5.74, 6) is 2.30. The van der Waals surface area contributed by atoms with E-state index >= 15 is 0 Å². The van der Waals surface area contributed by atoms with Crippen molar-refractivity contribution in [2.75, 3.05) is 0 Å². The number of aromatic nitrogens is 4. The van der Waals surface area contributed by atoms with Crippen LogP contribution >= 0.6 is 0 Å². The highest BCUT2D eigenvalue weighted by Crippen LogP contribution is 2.55. The molecule has 2 aliphatic carbocycles. The van der Waals surface area contributed by atoms with E-state index in [-0.39, 0.29) is 16.7 Å². The lowest BCUT2D eigenvalue weighted by Crippen LogP contribution is -2.40. The summed E-state index contributed by atoms with van der Waals surface area (Å²) in [6, 6.07) is 0. The third kappa shape index (κ3) is 2.79. The molecule has 2 saturated carbocycles. The van der Waals surface area contributed by atoms with E-state index < -0.39 is 0 Å². The summed E-state index contributed by atoms with van der Waals surface area (Å²) in [4.78, 5) is 34.3. The highest BCUT2D eigenvalue weighted by atomic mass is 16.2. The number of aromatic amines is 1. The Kier molecular flexibility index (Phi) is 4.77. The van der Waals surface area contributed by atoms with Crippen LogP contribution in [0.1, 0.15) is 78.0 Å². The van der Waals surface area contributed by atoms with Crippen LogP contribution in [0.3, 0.4) is 0 Å². The van der Waals surface area contributed by atoms with Gasteiger partial charge in [0.05, 0.1) is 0 Å². The SMILES string of the molecule is CCCn1c(=O)c2[nH]c(C34CCCCC3CC(C)C4)nc2n(CCC)c1=O. The minimum Gasteiger partial charge on any atom is -0.336 e. The fraction of sp³-hybridized carbons (Fsp3) is 0.762. The van der Waals surface area contributed by atoms with Crippen LogP contribution in [0.2, 0.25) is 0 Å². The number of hydrogen-bond donors (Lipinski definition) is 1. The van der Waals surface area contributed by atoms with Crippen molar-refractivity contribution in [1.29, 1.82) is 0 Å². The van der Waals surface area contributed by atoms with Crippen molar-refractivity contribution in [2.45, 2.75) is 90.6 Å². The van der Waals surface area contributed by atoms with Crippen LogP contribution in [0, 0.1) is 11.8 Å². The van der Waals surface area contributed by atoms with Crippen molar-refractivity contribution in [2.24, 2.45) is 11.8 Å². The molecule has 0 aliphatic heterocycles. The molecule has 0 aromatic carbocycles. The molecule has 6 heteroatoms. The molecule has 2 aliphatic rings. The molecule has 1 N–H and O–H groups in total. The molecule has 0 amide bonds. The Hall–Kier alpha value is -1.85. The van der Waals surface area contributed by atoms with Gasteiger partial charge in [-0.2, -0.15) is 0 Å². The molecule has 3 unspecified atom stereocenters. The zero-order chi connectivity index (χ0) is 19.2. The molecule has 2 fully saturated rings. The van der Waals surface area contributed by atoms with E-state index in [9.17, 15) is 9.59 Å². The number of imidazole rings is 1. The number of fused-ring (bicyclic) bond motifs is 2. The Morgan fingerprint density at radius 2 is 1.89 bits per heavy atom. The highest BCUT2D eigenvalue weighted by Gasteiger charge is 2.50. The summed E-state index contributed by atoms with van der Waals surface area (Å²) in [6.07, 6.45) is 8.90. The molecule has 148 valence electrons. The quantitative estimate of drug-likeness (QED) is 0.872. The Morgan fingerprint density at radius 1 is 1.15 bits per heavy atom. The van der Waals surface area contributed by atoms with E-state index in [1.807, 2.05) is 6.92 Å². The zero-order valence-electron chi connectivity index (χ0n) is 16.9. The summed E-state index contributed by atoms with van der Waals surface area (Å²) < 4.78 is 3.09. The molecule has 27 heavy (non-hydrogen) atoms. The summed E-state index contributed by atoms with van der Waals surface area (Å²) in [6.45, 7) is 7.43. The Bertz CT molecular complexity index is 953. The summed E-state index contributed by atoms with van der Waals surface area (Å²) in [7, 11) is 0. The molecule has 0 bridgehead atoms. The highest BCUT2D eigenvalue weighted by molar-refractivity contribution is 5.70. The first-order valence-corrected chi connectivity index (χ1v) is 10.8. The van der Waals surface area contributed by atoms with Crippen LogP contribution in [0.5, 0.6) is 0 Å². The van der Waals surface area contributed by atoms with Gasteiger partial charge in [0.1, 0.15) is 11.3 Å². The molecule has 4 rings (SSSR count). The monoisotopic (exact) mass is 372 g/mol. The number of rotatable bonds is 5. The van der Waals surface area contributed by atoms with Gasteiger partial charge < -0.3 is 4.98 Å². The second kappa shape index (κ2) is 6.95. The maximum absolute atomic E-state index is 13.0. The first-order valence-electron chi connectivity index (χ1n) is 10.8. The van der Waals surface area contributed by atoms with E-state index in [2.05, 4.69) is 18.8 Å². The van der Waals surface area contributed by atoms with Crippen LogP contribution < -0.4 is 11.2 Å².